The molecule has 0 saturated carbocycles. The van der Waals surface area contributed by atoms with Crippen LogP contribution in [0.15, 0.2) is 24.3 Å². The molecule has 1 heterocycles. The second-order valence-corrected chi connectivity index (χ2v) is 4.43. The summed E-state index contributed by atoms with van der Waals surface area (Å²) in [6.45, 7) is 0. The average Bonchev–Trinajstić information content (AvgIpc) is 2.67. The fourth-order valence-electron chi connectivity index (χ4n) is 1.48. The molecule has 1 aromatic rings. The van der Waals surface area contributed by atoms with Gasteiger partial charge in [0.1, 0.15) is 11.9 Å². The molecular weight excluding hydrogens is 217 g/mol. The van der Waals surface area contributed by atoms with Crippen LogP contribution >= 0.6 is 11.8 Å². The Labute approximate surface area is 90.7 Å². The van der Waals surface area contributed by atoms with E-state index >= 15 is 0 Å². The lowest BCUT2D eigenvalue weighted by molar-refractivity contribution is -0.138. The highest BCUT2D eigenvalue weighted by Crippen LogP contribution is 2.33. The number of thioether (sulfide) groups is 1. The molecule has 1 aromatic carbocycles. The maximum atomic E-state index is 13.4. The number of carboxylic acid groups (broad SMARTS) is 1. The Bertz CT molecular complexity index is 385. The molecule has 80 valence electrons. The van der Waals surface area contributed by atoms with E-state index < -0.39 is 12.0 Å². The molecule has 15 heavy (non-hydrogen) atoms. The summed E-state index contributed by atoms with van der Waals surface area (Å²) in [5.41, 5.74) is 0.520. The maximum Gasteiger partial charge on any atom is 0.321 e. The summed E-state index contributed by atoms with van der Waals surface area (Å²) in [4.78, 5) is 10.7. The molecule has 2 atom stereocenters. The van der Waals surface area contributed by atoms with E-state index in [0.29, 0.717) is 11.3 Å². The highest BCUT2D eigenvalue weighted by Gasteiger charge is 2.31. The minimum atomic E-state index is -0.888. The van der Waals surface area contributed by atoms with Crippen LogP contribution in [0.5, 0.6) is 0 Å². The van der Waals surface area contributed by atoms with E-state index in [2.05, 4.69) is 5.32 Å². The van der Waals surface area contributed by atoms with Crippen LogP contribution in [-0.2, 0) is 4.79 Å². The van der Waals surface area contributed by atoms with E-state index in [1.807, 2.05) is 0 Å². The number of rotatable bonds is 2. The van der Waals surface area contributed by atoms with Crippen molar-refractivity contribution in [2.75, 3.05) is 5.75 Å². The number of hydrogen-bond donors (Lipinski definition) is 2. The quantitative estimate of drug-likeness (QED) is 0.806. The van der Waals surface area contributed by atoms with Gasteiger partial charge in [0.05, 0.1) is 5.37 Å². The van der Waals surface area contributed by atoms with E-state index in [1.54, 1.807) is 18.2 Å². The number of halogens is 1. The largest absolute Gasteiger partial charge is 0.480 e. The number of benzene rings is 1. The van der Waals surface area contributed by atoms with E-state index in [1.165, 1.54) is 17.8 Å². The van der Waals surface area contributed by atoms with Crippen LogP contribution in [0.3, 0.4) is 0 Å². The van der Waals surface area contributed by atoms with E-state index in [0.717, 1.165) is 0 Å². The molecule has 0 amide bonds. The second-order valence-electron chi connectivity index (χ2n) is 3.29. The number of carboxylic acids is 1. The summed E-state index contributed by atoms with van der Waals surface area (Å²) < 4.78 is 13.4. The zero-order valence-electron chi connectivity index (χ0n) is 7.81. The van der Waals surface area contributed by atoms with Gasteiger partial charge in [-0.3, -0.25) is 10.1 Å². The molecular formula is C10H10FNO2S. The zero-order chi connectivity index (χ0) is 10.8. The normalized spacial score (nSPS) is 25.4. The van der Waals surface area contributed by atoms with Gasteiger partial charge in [0.2, 0.25) is 0 Å². The molecule has 2 rings (SSSR count). The van der Waals surface area contributed by atoms with Gasteiger partial charge in [-0.2, -0.15) is 0 Å². The summed E-state index contributed by atoms with van der Waals surface area (Å²) in [5.74, 6) is -0.719. The third kappa shape index (κ3) is 2.13. The van der Waals surface area contributed by atoms with Crippen molar-refractivity contribution >= 4 is 17.7 Å². The topological polar surface area (TPSA) is 49.3 Å². The number of nitrogens with one attached hydrogen (secondary N) is 1. The van der Waals surface area contributed by atoms with Crippen molar-refractivity contribution in [3.8, 4) is 0 Å². The van der Waals surface area contributed by atoms with Gasteiger partial charge in [0, 0.05) is 11.3 Å². The summed E-state index contributed by atoms with van der Waals surface area (Å²) in [6, 6.07) is 5.83. The van der Waals surface area contributed by atoms with Crippen LogP contribution in [0.4, 0.5) is 4.39 Å². The van der Waals surface area contributed by atoms with Crippen molar-refractivity contribution in [3.63, 3.8) is 0 Å². The minimum absolute atomic E-state index is 0.257. The lowest BCUT2D eigenvalue weighted by atomic mass is 10.2. The Hall–Kier alpha value is -1.07. The minimum Gasteiger partial charge on any atom is -0.480 e. The predicted molar refractivity (Wildman–Crippen MR) is 56.2 cm³/mol. The first-order valence-corrected chi connectivity index (χ1v) is 5.58. The highest BCUT2D eigenvalue weighted by molar-refractivity contribution is 7.99. The number of aliphatic carboxylic acids is 1. The molecule has 1 fully saturated rings. The molecule has 0 aliphatic carbocycles. The Morgan fingerprint density at radius 2 is 2.27 bits per heavy atom. The number of hydrogen-bond acceptors (Lipinski definition) is 3. The third-order valence-electron chi connectivity index (χ3n) is 2.27. The third-order valence-corrected chi connectivity index (χ3v) is 3.52. The summed E-state index contributed by atoms with van der Waals surface area (Å²) >= 11 is 1.41. The monoisotopic (exact) mass is 227 g/mol. The van der Waals surface area contributed by atoms with E-state index in [4.69, 9.17) is 5.11 Å². The zero-order valence-corrected chi connectivity index (χ0v) is 8.63. The summed E-state index contributed by atoms with van der Waals surface area (Å²) in [6.07, 6.45) is 0. The van der Waals surface area contributed by atoms with Crippen LogP contribution in [-0.4, -0.2) is 22.9 Å². The fourth-order valence-corrected chi connectivity index (χ4v) is 2.74. The molecule has 2 N–H and O–H groups in total. The molecule has 0 radical (unpaired) electrons. The molecule has 1 aliphatic heterocycles. The van der Waals surface area contributed by atoms with Gasteiger partial charge in [-0.05, 0) is 6.07 Å². The van der Waals surface area contributed by atoms with Gasteiger partial charge in [-0.15, -0.1) is 11.8 Å². The Morgan fingerprint density at radius 1 is 1.53 bits per heavy atom. The van der Waals surface area contributed by atoms with Crippen molar-refractivity contribution in [2.45, 2.75) is 11.4 Å². The molecule has 3 nitrogen and oxygen atoms in total. The van der Waals surface area contributed by atoms with Crippen molar-refractivity contribution in [2.24, 2.45) is 0 Å². The first-order valence-electron chi connectivity index (χ1n) is 4.53. The SMILES string of the molecule is O=C(O)[C@@H]1CS[C@@H](c2ccccc2F)N1. The first-order chi connectivity index (χ1) is 7.18. The number of carbonyl (C=O) groups is 1. The van der Waals surface area contributed by atoms with Gasteiger partial charge < -0.3 is 5.11 Å². The van der Waals surface area contributed by atoms with Gasteiger partial charge >= 0.3 is 5.97 Å². The highest BCUT2D eigenvalue weighted by atomic mass is 32.2. The van der Waals surface area contributed by atoms with Crippen molar-refractivity contribution < 1.29 is 14.3 Å². The molecule has 1 aliphatic rings. The van der Waals surface area contributed by atoms with Gasteiger partial charge in [0.15, 0.2) is 0 Å². The molecule has 5 heteroatoms. The molecule has 0 unspecified atom stereocenters. The maximum absolute atomic E-state index is 13.4. The fraction of sp³-hybridized carbons (Fsp3) is 0.300. The van der Waals surface area contributed by atoms with E-state index in [-0.39, 0.29) is 11.2 Å². The van der Waals surface area contributed by atoms with Crippen molar-refractivity contribution in [1.82, 2.24) is 5.32 Å². The van der Waals surface area contributed by atoms with Crippen LogP contribution in [0.25, 0.3) is 0 Å². The molecule has 1 saturated heterocycles. The molecule has 0 bridgehead atoms. The first kappa shape index (κ1) is 10.4. The van der Waals surface area contributed by atoms with Crippen molar-refractivity contribution in [1.29, 1.82) is 0 Å². The van der Waals surface area contributed by atoms with Crippen LogP contribution in [0.1, 0.15) is 10.9 Å². The lowest BCUT2D eigenvalue weighted by Crippen LogP contribution is -2.33. The smallest absolute Gasteiger partial charge is 0.321 e. The van der Waals surface area contributed by atoms with Gasteiger partial charge in [0.25, 0.3) is 0 Å². The second kappa shape index (κ2) is 4.20. The molecule has 0 spiro atoms. The van der Waals surface area contributed by atoms with Gasteiger partial charge in [-0.1, -0.05) is 18.2 Å². The lowest BCUT2D eigenvalue weighted by Gasteiger charge is -2.11. The summed E-state index contributed by atoms with van der Waals surface area (Å²) in [5, 5.41) is 11.4. The Balaban J connectivity index is 2.14. The Morgan fingerprint density at radius 3 is 2.87 bits per heavy atom. The van der Waals surface area contributed by atoms with E-state index in [9.17, 15) is 9.18 Å². The predicted octanol–water partition coefficient (Wildman–Crippen LogP) is 1.61. The molecule has 0 aromatic heterocycles. The standard InChI is InChI=1S/C10H10FNO2S/c11-7-4-2-1-3-6(7)9-12-8(5-15-9)10(13)14/h1-4,8-9,12H,5H2,(H,13,14)/t8-,9-/m0/s1. The van der Waals surface area contributed by atoms with Crippen molar-refractivity contribution in [3.05, 3.63) is 35.6 Å². The Kier molecular flexibility index (Phi) is 2.93. The van der Waals surface area contributed by atoms with Crippen LogP contribution in [0, 0.1) is 5.82 Å². The summed E-state index contributed by atoms with van der Waals surface area (Å²) in [7, 11) is 0. The van der Waals surface area contributed by atoms with Gasteiger partial charge in [-0.25, -0.2) is 4.39 Å². The average molecular weight is 227 g/mol. The van der Waals surface area contributed by atoms with Crippen LogP contribution < -0.4 is 5.32 Å². The van der Waals surface area contributed by atoms with Crippen LogP contribution in [0.2, 0.25) is 0 Å².